The number of hydrogen-bond donors (Lipinski definition) is 2. The van der Waals surface area contributed by atoms with Crippen molar-refractivity contribution in [3.63, 3.8) is 0 Å². The second kappa shape index (κ2) is 10.8. The molecule has 3 rings (SSSR count). The molecular formula is C22H31N5O3. The van der Waals surface area contributed by atoms with Crippen molar-refractivity contribution in [2.45, 2.75) is 58.5 Å². The van der Waals surface area contributed by atoms with Crippen molar-refractivity contribution in [3.05, 3.63) is 41.7 Å². The van der Waals surface area contributed by atoms with Crippen molar-refractivity contribution in [1.82, 2.24) is 19.6 Å². The molecule has 0 saturated carbocycles. The largest absolute Gasteiger partial charge is 0.494 e. The van der Waals surface area contributed by atoms with Crippen molar-refractivity contribution >= 4 is 11.5 Å². The third-order valence-electron chi connectivity index (χ3n) is 4.85. The third kappa shape index (κ3) is 5.60. The van der Waals surface area contributed by atoms with Crippen molar-refractivity contribution < 1.29 is 14.6 Å². The molecule has 0 aliphatic rings. The lowest BCUT2D eigenvalue weighted by Crippen LogP contribution is -2.20. The summed E-state index contributed by atoms with van der Waals surface area (Å²) in [5, 5.41) is 13.8. The van der Waals surface area contributed by atoms with Gasteiger partial charge in [-0.2, -0.15) is 4.98 Å². The highest BCUT2D eigenvalue weighted by atomic mass is 16.5. The van der Waals surface area contributed by atoms with E-state index >= 15 is 0 Å². The number of benzene rings is 1. The number of fused-ring (bicyclic) bond motifs is 1. The van der Waals surface area contributed by atoms with Gasteiger partial charge in [-0.15, -0.1) is 5.10 Å². The third-order valence-corrected chi connectivity index (χ3v) is 4.85. The van der Waals surface area contributed by atoms with Gasteiger partial charge in [-0.3, -0.25) is 0 Å². The Labute approximate surface area is 177 Å². The number of aliphatic hydroxyl groups is 1. The van der Waals surface area contributed by atoms with Crippen molar-refractivity contribution in [1.29, 1.82) is 0 Å². The average Bonchev–Trinajstić information content (AvgIpc) is 3.13. The number of aromatic nitrogens is 4. The second-order valence-electron chi connectivity index (χ2n) is 7.33. The first-order valence-electron chi connectivity index (χ1n) is 10.6. The zero-order valence-electron chi connectivity index (χ0n) is 17.8. The Hall–Kier alpha value is -2.87. The minimum absolute atomic E-state index is 0.0525. The molecule has 2 heterocycles. The lowest BCUT2D eigenvalue weighted by molar-refractivity contribution is 0.133. The minimum Gasteiger partial charge on any atom is -0.494 e. The Balaban J connectivity index is 1.77. The summed E-state index contributed by atoms with van der Waals surface area (Å²) in [6.07, 6.45) is 6.69. The number of nitrogen functional groups attached to an aromatic ring is 1. The van der Waals surface area contributed by atoms with E-state index in [1.807, 2.05) is 24.3 Å². The van der Waals surface area contributed by atoms with E-state index in [1.165, 1.54) is 0 Å². The normalized spacial score (nSPS) is 12.2. The zero-order chi connectivity index (χ0) is 21.3. The van der Waals surface area contributed by atoms with Crippen LogP contribution in [0.25, 0.3) is 5.65 Å². The van der Waals surface area contributed by atoms with Crippen LogP contribution in [0.5, 0.6) is 11.8 Å². The Morgan fingerprint density at radius 1 is 1.13 bits per heavy atom. The first kappa shape index (κ1) is 21.8. The molecule has 0 aliphatic carbocycles. The maximum atomic E-state index is 9.25. The van der Waals surface area contributed by atoms with Gasteiger partial charge in [-0.1, -0.05) is 38.8 Å². The van der Waals surface area contributed by atoms with Crippen LogP contribution < -0.4 is 15.2 Å². The lowest BCUT2D eigenvalue weighted by atomic mass is 10.1. The first-order valence-corrected chi connectivity index (χ1v) is 10.6. The molecule has 1 aromatic carbocycles. The lowest BCUT2D eigenvalue weighted by Gasteiger charge is -2.16. The van der Waals surface area contributed by atoms with E-state index in [1.54, 1.807) is 10.7 Å². The van der Waals surface area contributed by atoms with Crippen molar-refractivity contribution in [2.75, 3.05) is 18.9 Å². The van der Waals surface area contributed by atoms with E-state index in [0.717, 1.165) is 49.3 Å². The maximum Gasteiger partial charge on any atom is 0.336 e. The van der Waals surface area contributed by atoms with Gasteiger partial charge in [0.25, 0.3) is 0 Å². The van der Waals surface area contributed by atoms with Gasteiger partial charge >= 0.3 is 6.01 Å². The van der Waals surface area contributed by atoms with E-state index in [2.05, 4.69) is 28.9 Å². The van der Waals surface area contributed by atoms with Crippen LogP contribution in [0.2, 0.25) is 0 Å². The molecule has 30 heavy (non-hydrogen) atoms. The van der Waals surface area contributed by atoms with Crippen LogP contribution in [0.4, 0.5) is 5.82 Å². The summed E-state index contributed by atoms with van der Waals surface area (Å²) in [4.78, 5) is 8.60. The number of imidazole rings is 1. The summed E-state index contributed by atoms with van der Waals surface area (Å²) in [7, 11) is 0. The summed E-state index contributed by atoms with van der Waals surface area (Å²) in [6, 6.07) is 8.25. The van der Waals surface area contributed by atoms with E-state index in [0.29, 0.717) is 18.5 Å². The monoisotopic (exact) mass is 413 g/mol. The van der Waals surface area contributed by atoms with Gasteiger partial charge in [0.1, 0.15) is 11.9 Å². The van der Waals surface area contributed by atoms with E-state index in [-0.39, 0.29) is 24.5 Å². The fourth-order valence-electron chi connectivity index (χ4n) is 3.22. The Morgan fingerprint density at radius 3 is 2.63 bits per heavy atom. The molecule has 0 spiro atoms. The summed E-state index contributed by atoms with van der Waals surface area (Å²) in [6.45, 7) is 5.00. The maximum absolute atomic E-state index is 9.25. The summed E-state index contributed by atoms with van der Waals surface area (Å²) in [5.74, 6) is 1.14. The van der Waals surface area contributed by atoms with E-state index in [9.17, 15) is 5.11 Å². The fourth-order valence-corrected chi connectivity index (χ4v) is 3.22. The molecule has 162 valence electrons. The average molecular weight is 414 g/mol. The number of nitrogens with two attached hydrogens (primary N) is 1. The molecule has 1 unspecified atom stereocenters. The topological polar surface area (TPSA) is 108 Å². The summed E-state index contributed by atoms with van der Waals surface area (Å²) in [5.41, 5.74) is 8.59. The molecule has 0 saturated heterocycles. The number of aliphatic hydroxyl groups excluding tert-OH is 1. The van der Waals surface area contributed by atoms with Gasteiger partial charge in [0, 0.05) is 19.4 Å². The zero-order valence-corrected chi connectivity index (χ0v) is 17.8. The second-order valence-corrected chi connectivity index (χ2v) is 7.33. The SMILES string of the molecule is CCCCOc1ccc(Cc2cnc3c(N)nc(OC(CCC)CCO)nn23)cc1. The van der Waals surface area contributed by atoms with Crippen molar-refractivity contribution in [2.24, 2.45) is 0 Å². The summed E-state index contributed by atoms with van der Waals surface area (Å²) >= 11 is 0. The van der Waals surface area contributed by atoms with Crippen LogP contribution in [-0.4, -0.2) is 44.0 Å². The van der Waals surface area contributed by atoms with Crippen LogP contribution in [-0.2, 0) is 6.42 Å². The van der Waals surface area contributed by atoms with E-state index in [4.69, 9.17) is 15.2 Å². The van der Waals surface area contributed by atoms with E-state index < -0.39 is 0 Å². The standard InChI is InChI=1S/C22H31N5O3/c1-3-5-13-29-18-9-7-16(8-10-18)14-17-15-24-21-20(23)25-22(26-27(17)21)30-19(6-4-2)11-12-28/h7-10,15,19,28H,3-6,11-14H2,1-2H3,(H2,23,25,26). The molecule has 3 N–H and O–H groups in total. The quantitative estimate of drug-likeness (QED) is 0.438. The van der Waals surface area contributed by atoms with Crippen LogP contribution in [0.15, 0.2) is 30.5 Å². The molecule has 8 nitrogen and oxygen atoms in total. The van der Waals surface area contributed by atoms with Gasteiger partial charge in [0.2, 0.25) is 0 Å². The molecule has 3 aromatic rings. The van der Waals surface area contributed by atoms with Gasteiger partial charge in [0.15, 0.2) is 11.5 Å². The molecule has 2 aromatic heterocycles. The predicted molar refractivity (Wildman–Crippen MR) is 116 cm³/mol. The highest BCUT2D eigenvalue weighted by Gasteiger charge is 2.16. The highest BCUT2D eigenvalue weighted by Crippen LogP contribution is 2.20. The minimum atomic E-state index is -0.149. The van der Waals surface area contributed by atoms with Gasteiger partial charge in [-0.25, -0.2) is 9.50 Å². The number of unbranched alkanes of at least 4 members (excludes halogenated alkanes) is 1. The predicted octanol–water partition coefficient (Wildman–Crippen LogP) is 3.41. The number of nitrogens with zero attached hydrogens (tertiary/aromatic N) is 4. The number of hydrogen-bond acceptors (Lipinski definition) is 7. The smallest absolute Gasteiger partial charge is 0.336 e. The first-order chi connectivity index (χ1) is 14.6. The van der Waals surface area contributed by atoms with Gasteiger partial charge < -0.3 is 20.3 Å². The Morgan fingerprint density at radius 2 is 1.93 bits per heavy atom. The molecule has 1 atom stereocenters. The fraction of sp³-hybridized carbons (Fsp3) is 0.500. The van der Waals surface area contributed by atoms with Crippen LogP contribution in [0.1, 0.15) is 57.2 Å². The van der Waals surface area contributed by atoms with Crippen molar-refractivity contribution in [3.8, 4) is 11.8 Å². The molecular weight excluding hydrogens is 382 g/mol. The Bertz CT molecular complexity index is 920. The van der Waals surface area contributed by atoms with Crippen LogP contribution in [0, 0.1) is 0 Å². The molecule has 0 radical (unpaired) electrons. The van der Waals surface area contributed by atoms with Gasteiger partial charge in [0.05, 0.1) is 18.5 Å². The number of rotatable bonds is 12. The molecule has 0 bridgehead atoms. The Kier molecular flexibility index (Phi) is 7.84. The number of anilines is 1. The van der Waals surface area contributed by atoms with Crippen LogP contribution in [0.3, 0.4) is 0 Å². The molecule has 0 aliphatic heterocycles. The molecule has 8 heteroatoms. The summed E-state index contributed by atoms with van der Waals surface area (Å²) < 4.78 is 13.3. The molecule has 0 fully saturated rings. The molecule has 0 amide bonds. The van der Waals surface area contributed by atoms with Crippen LogP contribution >= 0.6 is 0 Å². The van der Waals surface area contributed by atoms with Gasteiger partial charge in [-0.05, 0) is 30.5 Å². The number of ether oxygens (including phenoxy) is 2. The highest BCUT2D eigenvalue weighted by molar-refractivity contribution is 5.59.